The van der Waals surface area contributed by atoms with E-state index in [1.807, 2.05) is 4.90 Å². The van der Waals surface area contributed by atoms with E-state index in [9.17, 15) is 14.4 Å². The molecule has 0 aromatic heterocycles. The van der Waals surface area contributed by atoms with Crippen molar-refractivity contribution in [2.45, 2.75) is 63.8 Å². The summed E-state index contributed by atoms with van der Waals surface area (Å²) < 4.78 is 0. The Morgan fingerprint density at radius 2 is 1.54 bits per heavy atom. The molecule has 2 amide bonds. The number of carboxylic acids is 1. The van der Waals surface area contributed by atoms with Gasteiger partial charge >= 0.3 is 5.97 Å². The molecule has 1 heterocycles. The van der Waals surface area contributed by atoms with E-state index < -0.39 is 5.97 Å². The number of likely N-dealkylation sites (tertiary alicyclic amines) is 1. The molecule has 0 radical (unpaired) electrons. The molecule has 2 unspecified atom stereocenters. The van der Waals surface area contributed by atoms with Crippen LogP contribution in [0.4, 0.5) is 0 Å². The molecular weight excluding hydrogens is 308 g/mol. The lowest BCUT2D eigenvalue weighted by Gasteiger charge is -2.33. The summed E-state index contributed by atoms with van der Waals surface area (Å²) in [6.07, 6.45) is 7.56. The van der Waals surface area contributed by atoms with Gasteiger partial charge in [0.25, 0.3) is 0 Å². The summed E-state index contributed by atoms with van der Waals surface area (Å²) in [6, 6.07) is -0.0527. The molecule has 6 heteroatoms. The zero-order valence-electron chi connectivity index (χ0n) is 14.2. The Morgan fingerprint density at radius 3 is 2.17 bits per heavy atom. The first-order valence-electron chi connectivity index (χ1n) is 9.38. The Labute approximate surface area is 143 Å². The molecule has 1 saturated heterocycles. The molecule has 0 bridgehead atoms. The van der Waals surface area contributed by atoms with Gasteiger partial charge in [-0.3, -0.25) is 14.4 Å². The van der Waals surface area contributed by atoms with Crippen LogP contribution in [0.5, 0.6) is 0 Å². The van der Waals surface area contributed by atoms with Gasteiger partial charge in [0.05, 0.1) is 5.92 Å². The predicted molar refractivity (Wildman–Crippen MR) is 88.2 cm³/mol. The average Bonchev–Trinajstić information content (AvgIpc) is 3.26. The van der Waals surface area contributed by atoms with Crippen LogP contribution in [-0.2, 0) is 14.4 Å². The van der Waals surface area contributed by atoms with Crippen molar-refractivity contribution < 1.29 is 19.5 Å². The van der Waals surface area contributed by atoms with Crippen LogP contribution < -0.4 is 5.32 Å². The van der Waals surface area contributed by atoms with Crippen molar-refractivity contribution in [3.05, 3.63) is 0 Å². The molecule has 3 fully saturated rings. The van der Waals surface area contributed by atoms with E-state index in [1.165, 1.54) is 0 Å². The van der Waals surface area contributed by atoms with E-state index in [4.69, 9.17) is 5.11 Å². The van der Waals surface area contributed by atoms with Crippen LogP contribution in [0, 0.1) is 17.8 Å². The van der Waals surface area contributed by atoms with Crippen LogP contribution in [0.15, 0.2) is 0 Å². The van der Waals surface area contributed by atoms with Crippen molar-refractivity contribution >= 4 is 17.8 Å². The van der Waals surface area contributed by atoms with Crippen LogP contribution in [0.25, 0.3) is 0 Å². The topological polar surface area (TPSA) is 86.7 Å². The zero-order valence-corrected chi connectivity index (χ0v) is 14.2. The maximum absolute atomic E-state index is 12.8. The second kappa shape index (κ2) is 7.53. The number of nitrogens with one attached hydrogen (secondary N) is 1. The molecule has 0 aromatic rings. The maximum atomic E-state index is 12.8. The van der Waals surface area contributed by atoms with Crippen LogP contribution in [0.1, 0.15) is 57.8 Å². The third kappa shape index (κ3) is 3.73. The van der Waals surface area contributed by atoms with Gasteiger partial charge in [-0.05, 0) is 44.9 Å². The van der Waals surface area contributed by atoms with E-state index in [0.29, 0.717) is 12.8 Å². The van der Waals surface area contributed by atoms with E-state index in [1.54, 1.807) is 0 Å². The number of carbonyl (C=O) groups is 3. The fraction of sp³-hybridized carbons (Fsp3) is 0.833. The zero-order chi connectivity index (χ0) is 17.1. The Hall–Kier alpha value is -1.59. The molecule has 2 N–H and O–H groups in total. The first-order chi connectivity index (χ1) is 11.6. The van der Waals surface area contributed by atoms with E-state index in [-0.39, 0.29) is 35.6 Å². The predicted octanol–water partition coefficient (Wildman–Crippen LogP) is 1.78. The second-order valence-electron chi connectivity index (χ2n) is 7.58. The number of hydrogen-bond donors (Lipinski definition) is 2. The molecule has 1 aliphatic heterocycles. The van der Waals surface area contributed by atoms with Gasteiger partial charge in [-0.1, -0.05) is 12.8 Å². The lowest BCUT2D eigenvalue weighted by Crippen LogP contribution is -2.46. The lowest BCUT2D eigenvalue weighted by atomic mass is 9.77. The number of carboxylic acid groups (broad SMARTS) is 1. The Morgan fingerprint density at radius 1 is 0.875 bits per heavy atom. The Balaban J connectivity index is 1.59. The third-order valence-electron chi connectivity index (χ3n) is 5.97. The third-order valence-corrected chi connectivity index (χ3v) is 5.97. The highest BCUT2D eigenvalue weighted by atomic mass is 16.4. The fourth-order valence-corrected chi connectivity index (χ4v) is 4.56. The molecule has 0 spiro atoms. The molecule has 6 nitrogen and oxygen atoms in total. The monoisotopic (exact) mass is 336 g/mol. The number of amides is 2. The number of carbonyl (C=O) groups excluding carboxylic acids is 2. The molecular formula is C18H28N2O4. The summed E-state index contributed by atoms with van der Waals surface area (Å²) in [4.78, 5) is 38.5. The van der Waals surface area contributed by atoms with Crippen molar-refractivity contribution in [2.75, 3.05) is 13.1 Å². The second-order valence-corrected chi connectivity index (χ2v) is 7.58. The number of aliphatic carboxylic acids is 1. The molecule has 2 saturated carbocycles. The van der Waals surface area contributed by atoms with Crippen molar-refractivity contribution in [3.63, 3.8) is 0 Å². The molecule has 24 heavy (non-hydrogen) atoms. The minimum atomic E-state index is -0.772. The van der Waals surface area contributed by atoms with Crippen LogP contribution in [0.3, 0.4) is 0 Å². The quantitative estimate of drug-likeness (QED) is 0.819. The highest BCUT2D eigenvalue weighted by Gasteiger charge is 2.40. The van der Waals surface area contributed by atoms with Gasteiger partial charge in [0.1, 0.15) is 0 Å². The van der Waals surface area contributed by atoms with Gasteiger partial charge in [-0.15, -0.1) is 0 Å². The minimum absolute atomic E-state index is 0.0386. The Kier molecular flexibility index (Phi) is 5.41. The highest BCUT2D eigenvalue weighted by Crippen LogP contribution is 2.33. The Bertz CT molecular complexity index is 501. The molecule has 3 aliphatic rings. The van der Waals surface area contributed by atoms with Gasteiger partial charge < -0.3 is 15.3 Å². The van der Waals surface area contributed by atoms with Crippen LogP contribution in [0.2, 0.25) is 0 Å². The molecule has 4 atom stereocenters. The summed E-state index contributed by atoms with van der Waals surface area (Å²) >= 11 is 0. The molecule has 134 valence electrons. The molecule has 0 aromatic carbocycles. The van der Waals surface area contributed by atoms with Crippen molar-refractivity contribution in [1.29, 1.82) is 0 Å². The highest BCUT2D eigenvalue weighted by molar-refractivity contribution is 5.88. The smallest absolute Gasteiger partial charge is 0.306 e. The summed E-state index contributed by atoms with van der Waals surface area (Å²) in [6.45, 7) is 1.65. The molecule has 2 aliphatic carbocycles. The number of hydrogen-bond acceptors (Lipinski definition) is 3. The van der Waals surface area contributed by atoms with Gasteiger partial charge in [0, 0.05) is 31.0 Å². The van der Waals surface area contributed by atoms with E-state index in [0.717, 1.165) is 58.0 Å². The number of rotatable bonds is 4. The fourth-order valence-electron chi connectivity index (χ4n) is 4.56. The van der Waals surface area contributed by atoms with E-state index >= 15 is 0 Å². The van der Waals surface area contributed by atoms with Gasteiger partial charge in [-0.2, -0.15) is 0 Å². The van der Waals surface area contributed by atoms with Crippen molar-refractivity contribution in [1.82, 2.24) is 10.2 Å². The minimum Gasteiger partial charge on any atom is -0.481 e. The maximum Gasteiger partial charge on any atom is 0.306 e. The first kappa shape index (κ1) is 17.2. The van der Waals surface area contributed by atoms with Crippen LogP contribution in [-0.4, -0.2) is 46.9 Å². The van der Waals surface area contributed by atoms with Crippen molar-refractivity contribution in [3.8, 4) is 0 Å². The van der Waals surface area contributed by atoms with Gasteiger partial charge in [0.15, 0.2) is 0 Å². The van der Waals surface area contributed by atoms with Crippen LogP contribution >= 0.6 is 0 Å². The molecule has 3 rings (SSSR count). The SMILES string of the molecule is O=C(N[C@@H]1CC[C@H](C(=O)O)C1)C1CCCCC1C(=O)N1CCCC1. The summed E-state index contributed by atoms with van der Waals surface area (Å²) in [5.41, 5.74) is 0. The number of nitrogens with zero attached hydrogens (tertiary/aromatic N) is 1. The largest absolute Gasteiger partial charge is 0.481 e. The van der Waals surface area contributed by atoms with Gasteiger partial charge in [-0.25, -0.2) is 0 Å². The lowest BCUT2D eigenvalue weighted by molar-refractivity contribution is -0.143. The normalized spacial score (nSPS) is 33.4. The standard InChI is InChI=1S/C18H28N2O4/c21-16(19-13-8-7-12(11-13)18(23)24)14-5-1-2-6-15(14)17(22)20-9-3-4-10-20/h12-15H,1-11H2,(H,19,21)(H,23,24)/t12-,13+,14?,15?/m0/s1. The average molecular weight is 336 g/mol. The first-order valence-corrected chi connectivity index (χ1v) is 9.38. The summed E-state index contributed by atoms with van der Waals surface area (Å²) in [7, 11) is 0. The summed E-state index contributed by atoms with van der Waals surface area (Å²) in [5.74, 6) is -1.43. The van der Waals surface area contributed by atoms with Gasteiger partial charge in [0.2, 0.25) is 11.8 Å². The summed E-state index contributed by atoms with van der Waals surface area (Å²) in [5, 5.41) is 12.1. The van der Waals surface area contributed by atoms with Crippen molar-refractivity contribution in [2.24, 2.45) is 17.8 Å². The van der Waals surface area contributed by atoms with E-state index in [2.05, 4.69) is 5.32 Å².